The summed E-state index contributed by atoms with van der Waals surface area (Å²) in [5.74, 6) is 1.74. The third-order valence-electron chi connectivity index (χ3n) is 3.35. The van der Waals surface area contributed by atoms with Gasteiger partial charge in [-0.15, -0.1) is 0 Å². The quantitative estimate of drug-likeness (QED) is 0.416. The molecule has 0 radical (unpaired) electrons. The Morgan fingerprint density at radius 2 is 1.95 bits per heavy atom. The first kappa shape index (κ1) is 18.3. The second-order valence-electron chi connectivity index (χ2n) is 5.42. The summed E-state index contributed by atoms with van der Waals surface area (Å²) in [6, 6.07) is 10.4. The van der Waals surface area contributed by atoms with E-state index in [2.05, 4.69) is 48.3 Å². The summed E-state index contributed by atoms with van der Waals surface area (Å²) in [6.07, 6.45) is 0. The van der Waals surface area contributed by atoms with Crippen molar-refractivity contribution in [3.8, 4) is 5.75 Å². The van der Waals surface area contributed by atoms with E-state index >= 15 is 0 Å². The van der Waals surface area contributed by atoms with E-state index in [4.69, 9.17) is 4.74 Å². The van der Waals surface area contributed by atoms with Gasteiger partial charge < -0.3 is 20.3 Å². The molecule has 0 saturated heterocycles. The molecule has 5 nitrogen and oxygen atoms in total. The lowest BCUT2D eigenvalue weighted by atomic mass is 10.3. The van der Waals surface area contributed by atoms with Crippen molar-refractivity contribution in [2.24, 2.45) is 4.99 Å². The van der Waals surface area contributed by atoms with Crippen LogP contribution in [0.3, 0.4) is 0 Å². The zero-order valence-electron chi connectivity index (χ0n) is 14.3. The fraction of sp³-hybridized carbons (Fsp3) is 0.588. The summed E-state index contributed by atoms with van der Waals surface area (Å²) < 4.78 is 5.66. The molecular weight excluding hydrogens is 276 g/mol. The SMILES string of the molecule is CCNC(=NCCN(C)C(C)C)NCCOc1ccccc1. The zero-order valence-corrected chi connectivity index (χ0v) is 14.3. The highest BCUT2D eigenvalue weighted by atomic mass is 16.5. The molecule has 0 aliphatic rings. The van der Waals surface area contributed by atoms with E-state index in [9.17, 15) is 0 Å². The third-order valence-corrected chi connectivity index (χ3v) is 3.35. The Bertz CT molecular complexity index is 420. The summed E-state index contributed by atoms with van der Waals surface area (Å²) >= 11 is 0. The van der Waals surface area contributed by atoms with Crippen LogP contribution in [0, 0.1) is 0 Å². The van der Waals surface area contributed by atoms with Gasteiger partial charge in [0.1, 0.15) is 12.4 Å². The van der Waals surface area contributed by atoms with Crippen molar-refractivity contribution < 1.29 is 4.74 Å². The molecule has 0 aliphatic heterocycles. The van der Waals surface area contributed by atoms with Gasteiger partial charge in [0.05, 0.1) is 13.1 Å². The fourth-order valence-corrected chi connectivity index (χ4v) is 1.77. The van der Waals surface area contributed by atoms with E-state index in [0.717, 1.165) is 37.9 Å². The largest absolute Gasteiger partial charge is 0.492 e. The monoisotopic (exact) mass is 306 g/mol. The molecule has 0 atom stereocenters. The molecule has 0 aromatic heterocycles. The van der Waals surface area contributed by atoms with Crippen molar-refractivity contribution >= 4 is 5.96 Å². The molecule has 22 heavy (non-hydrogen) atoms. The maximum absolute atomic E-state index is 5.66. The molecule has 0 heterocycles. The Morgan fingerprint density at radius 3 is 2.59 bits per heavy atom. The van der Waals surface area contributed by atoms with Crippen LogP contribution in [0.15, 0.2) is 35.3 Å². The van der Waals surface area contributed by atoms with Crippen LogP contribution in [0.1, 0.15) is 20.8 Å². The smallest absolute Gasteiger partial charge is 0.191 e. The lowest BCUT2D eigenvalue weighted by molar-refractivity contribution is 0.282. The molecule has 2 N–H and O–H groups in total. The molecule has 0 amide bonds. The van der Waals surface area contributed by atoms with Gasteiger partial charge in [0.2, 0.25) is 0 Å². The highest BCUT2D eigenvalue weighted by Gasteiger charge is 2.02. The average molecular weight is 306 g/mol. The van der Waals surface area contributed by atoms with Crippen LogP contribution in [0.25, 0.3) is 0 Å². The van der Waals surface area contributed by atoms with Crippen molar-refractivity contribution in [3.63, 3.8) is 0 Å². The Kier molecular flexibility index (Phi) is 9.07. The van der Waals surface area contributed by atoms with Gasteiger partial charge in [0.15, 0.2) is 5.96 Å². The van der Waals surface area contributed by atoms with Crippen LogP contribution in [-0.2, 0) is 0 Å². The first-order valence-electron chi connectivity index (χ1n) is 8.03. The van der Waals surface area contributed by atoms with Gasteiger partial charge in [-0.25, -0.2) is 0 Å². The van der Waals surface area contributed by atoms with E-state index in [1.807, 2.05) is 30.3 Å². The summed E-state index contributed by atoms with van der Waals surface area (Å²) in [4.78, 5) is 6.86. The topological polar surface area (TPSA) is 48.9 Å². The number of ether oxygens (including phenoxy) is 1. The standard InChI is InChI=1S/C17H30N4O/c1-5-18-17(19-11-13-21(4)15(2)3)20-12-14-22-16-9-7-6-8-10-16/h6-10,15H,5,11-14H2,1-4H3,(H2,18,19,20). The number of nitrogens with one attached hydrogen (secondary N) is 2. The highest BCUT2D eigenvalue weighted by molar-refractivity contribution is 5.79. The maximum atomic E-state index is 5.66. The number of nitrogens with zero attached hydrogens (tertiary/aromatic N) is 2. The highest BCUT2D eigenvalue weighted by Crippen LogP contribution is 2.07. The molecule has 0 spiro atoms. The van der Waals surface area contributed by atoms with Gasteiger partial charge in [-0.05, 0) is 40.0 Å². The lowest BCUT2D eigenvalue weighted by Crippen LogP contribution is -2.40. The van der Waals surface area contributed by atoms with E-state index in [1.165, 1.54) is 0 Å². The second kappa shape index (κ2) is 10.9. The van der Waals surface area contributed by atoms with Gasteiger partial charge in [-0.3, -0.25) is 4.99 Å². The normalized spacial score (nSPS) is 11.8. The minimum atomic E-state index is 0.546. The molecule has 0 fully saturated rings. The van der Waals surface area contributed by atoms with Crippen LogP contribution in [-0.4, -0.2) is 56.7 Å². The lowest BCUT2D eigenvalue weighted by Gasteiger charge is -2.20. The van der Waals surface area contributed by atoms with Crippen molar-refractivity contribution in [2.75, 3.05) is 39.8 Å². The number of rotatable bonds is 9. The first-order chi connectivity index (χ1) is 10.6. The molecule has 1 aromatic carbocycles. The number of hydrogen-bond acceptors (Lipinski definition) is 3. The summed E-state index contributed by atoms with van der Waals surface area (Å²) in [5.41, 5.74) is 0. The Hall–Kier alpha value is -1.75. The molecule has 0 saturated carbocycles. The van der Waals surface area contributed by atoms with Crippen molar-refractivity contribution in [2.45, 2.75) is 26.8 Å². The predicted molar refractivity (Wildman–Crippen MR) is 93.7 cm³/mol. The third kappa shape index (κ3) is 7.88. The van der Waals surface area contributed by atoms with Gasteiger partial charge in [-0.2, -0.15) is 0 Å². The Balaban J connectivity index is 2.28. The number of para-hydroxylation sites is 1. The van der Waals surface area contributed by atoms with E-state index < -0.39 is 0 Å². The molecule has 0 bridgehead atoms. The van der Waals surface area contributed by atoms with Gasteiger partial charge >= 0.3 is 0 Å². The summed E-state index contributed by atoms with van der Waals surface area (Å²) in [7, 11) is 2.12. The van der Waals surface area contributed by atoms with Crippen molar-refractivity contribution in [1.82, 2.24) is 15.5 Å². The molecule has 124 valence electrons. The van der Waals surface area contributed by atoms with Crippen LogP contribution < -0.4 is 15.4 Å². The second-order valence-corrected chi connectivity index (χ2v) is 5.42. The number of benzene rings is 1. The zero-order chi connectivity index (χ0) is 16.2. The Labute approximate surface area is 134 Å². The Morgan fingerprint density at radius 1 is 1.23 bits per heavy atom. The number of guanidine groups is 1. The molecule has 0 unspecified atom stereocenters. The summed E-state index contributed by atoms with van der Waals surface area (Å²) in [6.45, 7) is 10.4. The first-order valence-corrected chi connectivity index (χ1v) is 8.03. The molecular formula is C17H30N4O. The number of aliphatic imine (C=N–C) groups is 1. The molecule has 0 aliphatic carbocycles. The minimum Gasteiger partial charge on any atom is -0.492 e. The van der Waals surface area contributed by atoms with E-state index in [-0.39, 0.29) is 0 Å². The minimum absolute atomic E-state index is 0.546. The van der Waals surface area contributed by atoms with Gasteiger partial charge in [-0.1, -0.05) is 18.2 Å². The van der Waals surface area contributed by atoms with Gasteiger partial charge in [0.25, 0.3) is 0 Å². The van der Waals surface area contributed by atoms with Crippen molar-refractivity contribution in [1.29, 1.82) is 0 Å². The predicted octanol–water partition coefficient (Wildman–Crippen LogP) is 1.96. The average Bonchev–Trinajstić information content (AvgIpc) is 2.52. The number of likely N-dealkylation sites (N-methyl/N-ethyl adjacent to an activating group) is 1. The van der Waals surface area contributed by atoms with Crippen molar-refractivity contribution in [3.05, 3.63) is 30.3 Å². The van der Waals surface area contributed by atoms with Crippen LogP contribution in [0.4, 0.5) is 0 Å². The van der Waals surface area contributed by atoms with Crippen LogP contribution in [0.5, 0.6) is 5.75 Å². The van der Waals surface area contributed by atoms with Crippen LogP contribution >= 0.6 is 0 Å². The maximum Gasteiger partial charge on any atom is 0.191 e. The van der Waals surface area contributed by atoms with Gasteiger partial charge in [0, 0.05) is 19.1 Å². The fourth-order valence-electron chi connectivity index (χ4n) is 1.77. The number of hydrogen-bond donors (Lipinski definition) is 2. The molecule has 1 aromatic rings. The van der Waals surface area contributed by atoms with Crippen LogP contribution in [0.2, 0.25) is 0 Å². The molecule has 1 rings (SSSR count). The van der Waals surface area contributed by atoms with E-state index in [1.54, 1.807) is 0 Å². The summed E-state index contributed by atoms with van der Waals surface area (Å²) in [5, 5.41) is 6.54. The molecule has 5 heteroatoms. The van der Waals surface area contributed by atoms with E-state index in [0.29, 0.717) is 12.6 Å².